The van der Waals surface area contributed by atoms with E-state index in [1.54, 1.807) is 19.6 Å². The highest BCUT2D eigenvalue weighted by atomic mass is 28.4. The van der Waals surface area contributed by atoms with Gasteiger partial charge in [0.1, 0.15) is 0 Å². The smallest absolute Gasteiger partial charge is 0.395 e. The molecule has 3 nitrogen and oxygen atoms in total. The van der Waals surface area contributed by atoms with Gasteiger partial charge in [-0.25, -0.2) is 0 Å². The molecule has 0 aromatic heterocycles. The number of hydrogen-bond donors (Lipinski definition) is 0. The summed E-state index contributed by atoms with van der Waals surface area (Å²) < 4.78 is 48.8. The number of hydrogen-bond acceptors (Lipinski definition) is 3. The van der Waals surface area contributed by atoms with E-state index in [9.17, 15) is 13.2 Å². The van der Waals surface area contributed by atoms with Gasteiger partial charge in [-0.15, -0.1) is 0 Å². The molecule has 0 spiro atoms. The molecule has 0 bridgehead atoms. The number of alkyl halides is 3. The highest BCUT2D eigenvalue weighted by molar-refractivity contribution is 6.69. The molecule has 1 heterocycles. The first-order valence-corrected chi connectivity index (χ1v) is 8.67. The number of nitrogens with zero attached hydrogens (tertiary/aromatic N) is 1. The van der Waals surface area contributed by atoms with Crippen LogP contribution in [0.3, 0.4) is 0 Å². The molecule has 1 aliphatic heterocycles. The van der Waals surface area contributed by atoms with Gasteiger partial charge in [0.2, 0.25) is 0 Å². The summed E-state index contributed by atoms with van der Waals surface area (Å²) in [7, 11) is -2.22. The highest BCUT2D eigenvalue weighted by Crippen LogP contribution is 2.28. The summed E-state index contributed by atoms with van der Waals surface area (Å²) in [5.74, 6) is 0. The lowest BCUT2D eigenvalue weighted by Gasteiger charge is -2.38. The third-order valence-corrected chi connectivity index (χ3v) is 3.05. The molecule has 0 saturated carbocycles. The van der Waals surface area contributed by atoms with Crippen molar-refractivity contribution >= 4 is 8.32 Å². The van der Waals surface area contributed by atoms with Crippen LogP contribution in [0.1, 0.15) is 0 Å². The Bertz CT molecular complexity index is 224. The highest BCUT2D eigenvalue weighted by Gasteiger charge is 2.47. The van der Waals surface area contributed by atoms with Crippen LogP contribution in [0.5, 0.6) is 0 Å². The van der Waals surface area contributed by atoms with Crippen molar-refractivity contribution in [3.63, 3.8) is 0 Å². The number of halogens is 3. The molecule has 1 atom stereocenters. The summed E-state index contributed by atoms with van der Waals surface area (Å²) in [6.45, 7) is 6.48. The van der Waals surface area contributed by atoms with Crippen molar-refractivity contribution in [3.05, 3.63) is 0 Å². The Labute approximate surface area is 94.6 Å². The molecule has 1 rings (SSSR count). The lowest BCUT2D eigenvalue weighted by Crippen LogP contribution is -2.55. The average Bonchev–Trinajstić information content (AvgIpc) is 2.13. The third kappa shape index (κ3) is 4.40. The normalized spacial score (nSPS) is 22.1. The monoisotopic (exact) mass is 257 g/mol. The molecule has 96 valence electrons. The molecule has 7 heteroatoms. The maximum Gasteiger partial charge on any atom is 0.427 e. The van der Waals surface area contributed by atoms with Crippen molar-refractivity contribution in [1.29, 1.82) is 0 Å². The van der Waals surface area contributed by atoms with E-state index in [1.165, 1.54) is 4.90 Å². The Morgan fingerprint density at radius 3 is 2.06 bits per heavy atom. The van der Waals surface area contributed by atoms with Crippen molar-refractivity contribution in [2.75, 3.05) is 26.3 Å². The molecule has 0 aliphatic carbocycles. The predicted octanol–water partition coefficient (Wildman–Crippen LogP) is 2.06. The van der Waals surface area contributed by atoms with E-state index < -0.39 is 20.7 Å². The number of ether oxygens (including phenoxy) is 1. The van der Waals surface area contributed by atoms with Gasteiger partial charge in [0.25, 0.3) is 0 Å². The van der Waals surface area contributed by atoms with Crippen LogP contribution in [0.2, 0.25) is 19.6 Å². The number of morpholine rings is 1. The van der Waals surface area contributed by atoms with E-state index in [2.05, 4.69) is 0 Å². The zero-order valence-corrected chi connectivity index (χ0v) is 10.8. The largest absolute Gasteiger partial charge is 0.427 e. The summed E-state index contributed by atoms with van der Waals surface area (Å²) >= 11 is 0. The van der Waals surface area contributed by atoms with Gasteiger partial charge in [-0.3, -0.25) is 4.90 Å². The van der Waals surface area contributed by atoms with Gasteiger partial charge in [-0.05, 0) is 19.6 Å². The quantitative estimate of drug-likeness (QED) is 0.722. The Kier molecular flexibility index (Phi) is 4.39. The maximum atomic E-state index is 12.8. The van der Waals surface area contributed by atoms with E-state index in [0.29, 0.717) is 13.2 Å². The third-order valence-electron chi connectivity index (χ3n) is 2.12. The summed E-state index contributed by atoms with van der Waals surface area (Å²) in [6.07, 6.45) is -6.11. The molecule has 0 radical (unpaired) electrons. The zero-order chi connectivity index (χ0) is 12.4. The summed E-state index contributed by atoms with van der Waals surface area (Å²) in [6, 6.07) is 0. The topological polar surface area (TPSA) is 21.7 Å². The van der Waals surface area contributed by atoms with Gasteiger partial charge in [0, 0.05) is 13.1 Å². The van der Waals surface area contributed by atoms with E-state index in [1.807, 2.05) is 0 Å². The van der Waals surface area contributed by atoms with E-state index >= 15 is 0 Å². The van der Waals surface area contributed by atoms with Gasteiger partial charge < -0.3 is 9.16 Å². The Morgan fingerprint density at radius 2 is 1.69 bits per heavy atom. The van der Waals surface area contributed by atoms with Gasteiger partial charge in [0.05, 0.1) is 13.2 Å². The van der Waals surface area contributed by atoms with Crippen LogP contribution < -0.4 is 0 Å². The zero-order valence-electron chi connectivity index (χ0n) is 9.80. The molecular weight excluding hydrogens is 239 g/mol. The Hall–Kier alpha value is -0.113. The second kappa shape index (κ2) is 5.03. The van der Waals surface area contributed by atoms with Crippen molar-refractivity contribution in [3.8, 4) is 0 Å². The van der Waals surface area contributed by atoms with Crippen LogP contribution in [0.4, 0.5) is 13.2 Å². The standard InChI is InChI=1S/C9H18F3NO2Si/c1-16(2,3)15-8(9(10,11)12)13-4-6-14-7-5-13/h8H,4-7H2,1-3H3. The minimum absolute atomic E-state index is 0.272. The first kappa shape index (κ1) is 13.9. The molecule has 16 heavy (non-hydrogen) atoms. The molecule has 1 aliphatic rings. The minimum Gasteiger partial charge on any atom is -0.395 e. The summed E-state index contributed by atoms with van der Waals surface area (Å²) in [4.78, 5) is 1.31. The van der Waals surface area contributed by atoms with Crippen LogP contribution in [0.25, 0.3) is 0 Å². The minimum atomic E-state index is -4.34. The molecule has 1 fully saturated rings. The fourth-order valence-electron chi connectivity index (χ4n) is 1.50. The fraction of sp³-hybridized carbons (Fsp3) is 1.00. The van der Waals surface area contributed by atoms with E-state index in [0.717, 1.165) is 0 Å². The lowest BCUT2D eigenvalue weighted by molar-refractivity contribution is -0.250. The van der Waals surface area contributed by atoms with Crippen LogP contribution in [0.15, 0.2) is 0 Å². The van der Waals surface area contributed by atoms with Crippen LogP contribution >= 0.6 is 0 Å². The van der Waals surface area contributed by atoms with Gasteiger partial charge >= 0.3 is 6.18 Å². The summed E-state index contributed by atoms with van der Waals surface area (Å²) in [5, 5.41) is 0. The molecule has 1 unspecified atom stereocenters. The van der Waals surface area contributed by atoms with Crippen molar-refractivity contribution in [1.82, 2.24) is 4.90 Å². The van der Waals surface area contributed by atoms with E-state index in [4.69, 9.17) is 9.16 Å². The molecule has 0 aromatic carbocycles. The first-order chi connectivity index (χ1) is 7.20. The molecule has 0 amide bonds. The summed E-state index contributed by atoms with van der Waals surface area (Å²) in [5.41, 5.74) is 0. The van der Waals surface area contributed by atoms with Crippen LogP contribution in [-0.4, -0.2) is 51.9 Å². The fourth-order valence-corrected chi connectivity index (χ4v) is 2.45. The second-order valence-electron chi connectivity index (χ2n) is 4.77. The Morgan fingerprint density at radius 1 is 1.19 bits per heavy atom. The molecule has 0 N–H and O–H groups in total. The van der Waals surface area contributed by atoms with Crippen LogP contribution in [0, 0.1) is 0 Å². The van der Waals surface area contributed by atoms with Gasteiger partial charge in [-0.2, -0.15) is 13.2 Å². The second-order valence-corrected chi connectivity index (χ2v) is 9.23. The van der Waals surface area contributed by atoms with Gasteiger partial charge in [-0.1, -0.05) is 0 Å². The molecule has 1 saturated heterocycles. The SMILES string of the molecule is C[Si](C)(C)OC(N1CCOCC1)C(F)(F)F. The lowest BCUT2D eigenvalue weighted by atomic mass is 10.4. The average molecular weight is 257 g/mol. The van der Waals surface area contributed by atoms with Crippen molar-refractivity contribution in [2.24, 2.45) is 0 Å². The van der Waals surface area contributed by atoms with Crippen molar-refractivity contribution in [2.45, 2.75) is 32.0 Å². The number of rotatable bonds is 3. The molecule has 0 aromatic rings. The van der Waals surface area contributed by atoms with Crippen LogP contribution in [-0.2, 0) is 9.16 Å². The first-order valence-electron chi connectivity index (χ1n) is 5.26. The maximum absolute atomic E-state index is 12.8. The predicted molar refractivity (Wildman–Crippen MR) is 56.7 cm³/mol. The van der Waals surface area contributed by atoms with Gasteiger partial charge in [0.15, 0.2) is 14.5 Å². The molecular formula is C9H18F3NO2Si. The van der Waals surface area contributed by atoms with E-state index in [-0.39, 0.29) is 13.1 Å². The van der Waals surface area contributed by atoms with Crippen molar-refractivity contribution < 1.29 is 22.3 Å². The Balaban J connectivity index is 2.70.